The second kappa shape index (κ2) is 3.61. The summed E-state index contributed by atoms with van der Waals surface area (Å²) in [6.45, 7) is 2.22. The van der Waals surface area contributed by atoms with Crippen molar-refractivity contribution in [2.24, 2.45) is 0 Å². The molecule has 0 saturated carbocycles. The first-order chi connectivity index (χ1) is 4.66. The minimum Gasteiger partial charge on any atom is -0.172 e. The van der Waals surface area contributed by atoms with E-state index in [1.54, 1.807) is 0 Å². The van der Waals surface area contributed by atoms with E-state index >= 15 is 0 Å². The number of halogens is 2. The van der Waals surface area contributed by atoms with Gasteiger partial charge in [-0.1, -0.05) is 13.3 Å². The summed E-state index contributed by atoms with van der Waals surface area (Å²) in [5.41, 5.74) is 1.27. The molecule has 0 aliphatic carbocycles. The van der Waals surface area contributed by atoms with Gasteiger partial charge in [0.05, 0.1) is 0 Å². The monoisotopic (exact) mass is 212 g/mol. The Kier molecular flexibility index (Phi) is 3.29. The zero-order valence-corrected chi connectivity index (χ0v) is 10.0. The maximum atomic E-state index is 6.44. The highest BCUT2D eigenvalue weighted by Crippen LogP contribution is 2.35. The third-order valence-electron chi connectivity index (χ3n) is 2.36. The Morgan fingerprint density at radius 3 is 2.70 bits per heavy atom. The molecule has 0 amide bonds. The number of rotatable bonds is 1. The van der Waals surface area contributed by atoms with Crippen molar-refractivity contribution in [1.29, 1.82) is 0 Å². The first-order valence-electron chi connectivity index (χ1n) is 3.99. The molecular weight excluding hydrogens is 199 g/mol. The minimum absolute atomic E-state index is 0.835. The van der Waals surface area contributed by atoms with Gasteiger partial charge in [0.15, 0.2) is 7.38 Å². The van der Waals surface area contributed by atoms with Gasteiger partial charge in [0.2, 0.25) is 0 Å². The van der Waals surface area contributed by atoms with Gasteiger partial charge in [-0.05, 0) is 23.8 Å². The van der Waals surface area contributed by atoms with E-state index in [0.717, 1.165) is 0 Å². The lowest BCUT2D eigenvalue weighted by Gasteiger charge is -2.29. The molecule has 0 spiro atoms. The molecule has 1 aliphatic rings. The molecule has 1 saturated heterocycles. The molecule has 60 valence electrons. The Balaban J connectivity index is 2.45. The molecule has 10 heavy (non-hydrogen) atoms. The zero-order chi connectivity index (χ0) is 7.61. The maximum Gasteiger partial charge on any atom is 0.154 e. The minimum atomic E-state index is -1.27. The van der Waals surface area contributed by atoms with E-state index in [2.05, 4.69) is 6.92 Å². The molecule has 1 fully saturated rings. The van der Waals surface area contributed by atoms with Crippen molar-refractivity contribution in [3.63, 3.8) is 0 Å². The predicted octanol–water partition coefficient (Wildman–Crippen LogP) is 3.10. The van der Waals surface area contributed by atoms with Gasteiger partial charge in [-0.2, -0.15) is 22.2 Å². The lowest BCUT2D eigenvalue weighted by molar-refractivity contribution is 1.00. The third kappa shape index (κ3) is 2.26. The lowest BCUT2D eigenvalue weighted by atomic mass is 10.6. The second-order valence-corrected chi connectivity index (χ2v) is 14.4. The highest BCUT2D eigenvalue weighted by atomic mass is 35.6. The molecule has 0 nitrogen and oxygen atoms in total. The van der Waals surface area contributed by atoms with E-state index in [0.29, 0.717) is 0 Å². The Bertz CT molecular complexity index is 120. The standard InChI is InChI=1S/C6H14Cl2Si2/c1-2-10(8)5-3-4-9(7)6-10/h9H,2-6H2,1H3. The van der Waals surface area contributed by atoms with Crippen LogP contribution in [0.15, 0.2) is 0 Å². The van der Waals surface area contributed by atoms with Gasteiger partial charge in [0.25, 0.3) is 0 Å². The van der Waals surface area contributed by atoms with E-state index in [9.17, 15) is 0 Å². The molecule has 4 heteroatoms. The molecule has 0 radical (unpaired) electrons. The van der Waals surface area contributed by atoms with Gasteiger partial charge >= 0.3 is 0 Å². The van der Waals surface area contributed by atoms with Crippen LogP contribution in [0.3, 0.4) is 0 Å². The first kappa shape index (κ1) is 9.10. The normalized spacial score (nSPS) is 41.7. The van der Waals surface area contributed by atoms with Crippen LogP contribution in [0.4, 0.5) is 0 Å². The SMILES string of the molecule is CC[Si]1(Cl)CCC[SiH](Cl)C1. The zero-order valence-electron chi connectivity index (χ0n) is 6.37. The van der Waals surface area contributed by atoms with Crippen LogP contribution in [0.5, 0.6) is 0 Å². The molecule has 2 atom stereocenters. The summed E-state index contributed by atoms with van der Waals surface area (Å²) in [5.74, 6) is 0. The maximum absolute atomic E-state index is 6.44. The average Bonchev–Trinajstić information content (AvgIpc) is 1.88. The lowest BCUT2D eigenvalue weighted by Crippen LogP contribution is -2.34. The molecule has 0 bridgehead atoms. The van der Waals surface area contributed by atoms with Crippen molar-refractivity contribution < 1.29 is 0 Å². The van der Waals surface area contributed by atoms with Crippen molar-refractivity contribution >= 4 is 37.6 Å². The fourth-order valence-corrected chi connectivity index (χ4v) is 15.7. The van der Waals surface area contributed by atoms with Crippen LogP contribution in [0.2, 0.25) is 23.8 Å². The number of hydrogen-bond acceptors (Lipinski definition) is 0. The van der Waals surface area contributed by atoms with Crippen LogP contribution in [-0.2, 0) is 0 Å². The first-order valence-corrected chi connectivity index (χ1v) is 11.0. The highest BCUT2D eigenvalue weighted by Gasteiger charge is 2.35. The van der Waals surface area contributed by atoms with Crippen LogP contribution in [0, 0.1) is 0 Å². The molecule has 0 aromatic rings. The quantitative estimate of drug-likeness (QED) is 0.464. The van der Waals surface area contributed by atoms with Gasteiger partial charge in [0.1, 0.15) is 8.11 Å². The van der Waals surface area contributed by atoms with Gasteiger partial charge in [-0.3, -0.25) is 0 Å². The fraction of sp³-hybridized carbons (Fsp3) is 1.00. The van der Waals surface area contributed by atoms with Gasteiger partial charge in [-0.25, -0.2) is 0 Å². The van der Waals surface area contributed by atoms with Crippen LogP contribution in [-0.4, -0.2) is 15.5 Å². The van der Waals surface area contributed by atoms with E-state index in [1.165, 1.54) is 30.2 Å². The molecule has 1 aliphatic heterocycles. The number of hydrogen-bond donors (Lipinski definition) is 0. The molecule has 0 aromatic carbocycles. The van der Waals surface area contributed by atoms with Crippen LogP contribution < -0.4 is 0 Å². The average molecular weight is 213 g/mol. The van der Waals surface area contributed by atoms with Crippen LogP contribution >= 0.6 is 22.2 Å². The summed E-state index contributed by atoms with van der Waals surface area (Å²) in [7, 11) is -2.11. The van der Waals surface area contributed by atoms with E-state index in [1.807, 2.05) is 0 Å². The summed E-state index contributed by atoms with van der Waals surface area (Å²) in [4.78, 5) is 0. The molecule has 2 unspecified atom stereocenters. The smallest absolute Gasteiger partial charge is 0.154 e. The third-order valence-corrected chi connectivity index (χ3v) is 15.4. The van der Waals surface area contributed by atoms with Crippen LogP contribution in [0.25, 0.3) is 0 Å². The molecular formula is C6H14Cl2Si2. The summed E-state index contributed by atoms with van der Waals surface area (Å²) in [6, 6.07) is 3.87. The molecule has 0 N–H and O–H groups in total. The van der Waals surface area contributed by atoms with Crippen molar-refractivity contribution in [3.05, 3.63) is 0 Å². The van der Waals surface area contributed by atoms with E-state index in [4.69, 9.17) is 22.2 Å². The van der Waals surface area contributed by atoms with Crippen molar-refractivity contribution in [2.45, 2.75) is 37.1 Å². The topological polar surface area (TPSA) is 0 Å². The Labute approximate surface area is 74.9 Å². The van der Waals surface area contributed by atoms with Gasteiger partial charge < -0.3 is 0 Å². The van der Waals surface area contributed by atoms with Gasteiger partial charge in [-0.15, -0.1) is 0 Å². The Morgan fingerprint density at radius 2 is 2.30 bits per heavy atom. The summed E-state index contributed by atoms with van der Waals surface area (Å²) in [6.07, 6.45) is 1.32. The molecule has 0 aromatic heterocycles. The highest BCUT2D eigenvalue weighted by molar-refractivity contribution is 7.28. The predicted molar refractivity (Wildman–Crippen MR) is 54.1 cm³/mol. The summed E-state index contributed by atoms with van der Waals surface area (Å²) in [5, 5.41) is 0. The van der Waals surface area contributed by atoms with Crippen molar-refractivity contribution in [1.82, 2.24) is 0 Å². The van der Waals surface area contributed by atoms with E-state index < -0.39 is 15.5 Å². The Hall–Kier alpha value is 1.01. The fourth-order valence-electron chi connectivity index (χ4n) is 1.56. The largest absolute Gasteiger partial charge is 0.172 e. The summed E-state index contributed by atoms with van der Waals surface area (Å²) >= 11 is 12.6. The summed E-state index contributed by atoms with van der Waals surface area (Å²) < 4.78 is 0. The van der Waals surface area contributed by atoms with Crippen molar-refractivity contribution in [2.75, 3.05) is 0 Å². The van der Waals surface area contributed by atoms with Gasteiger partial charge in [0, 0.05) is 0 Å². The molecule has 1 rings (SSSR count). The second-order valence-electron chi connectivity index (χ2n) is 3.20. The van der Waals surface area contributed by atoms with Crippen molar-refractivity contribution in [3.8, 4) is 0 Å². The molecule has 1 heterocycles. The van der Waals surface area contributed by atoms with Crippen LogP contribution in [0.1, 0.15) is 13.3 Å². The van der Waals surface area contributed by atoms with E-state index in [-0.39, 0.29) is 0 Å². The Morgan fingerprint density at radius 1 is 1.60 bits per heavy atom.